The van der Waals surface area contributed by atoms with Gasteiger partial charge < -0.3 is 9.47 Å². The first kappa shape index (κ1) is 18.5. The fraction of sp³-hybridized carbons (Fsp3) is 0.348. The topological polar surface area (TPSA) is 35.5 Å². The summed E-state index contributed by atoms with van der Waals surface area (Å²) in [6, 6.07) is 16.2. The molecule has 3 unspecified atom stereocenters. The quantitative estimate of drug-likeness (QED) is 0.651. The Morgan fingerprint density at radius 3 is 2.56 bits per heavy atom. The number of fused-ring (bicyclic) bond motifs is 1. The molecule has 0 N–H and O–H groups in total. The van der Waals surface area contributed by atoms with E-state index in [1.807, 2.05) is 24.3 Å². The van der Waals surface area contributed by atoms with Crippen molar-refractivity contribution in [2.24, 2.45) is 5.92 Å². The Bertz CT molecular complexity index is 839. The summed E-state index contributed by atoms with van der Waals surface area (Å²) in [5.41, 5.74) is 4.03. The maximum absolute atomic E-state index is 13.0. The summed E-state index contributed by atoms with van der Waals surface area (Å²) in [5.74, 6) is 0.137. The van der Waals surface area contributed by atoms with Crippen molar-refractivity contribution in [3.8, 4) is 0 Å². The largest absolute Gasteiger partial charge is 0.496 e. The Labute approximate surface area is 168 Å². The molecule has 2 aliphatic rings. The van der Waals surface area contributed by atoms with Crippen LogP contribution in [0, 0.1) is 12.8 Å². The Kier molecular flexibility index (Phi) is 5.46. The number of hydrogen-bond acceptors (Lipinski definition) is 3. The van der Waals surface area contributed by atoms with Crippen molar-refractivity contribution in [1.82, 2.24) is 0 Å². The van der Waals surface area contributed by atoms with E-state index in [-0.39, 0.29) is 23.9 Å². The van der Waals surface area contributed by atoms with Gasteiger partial charge >= 0.3 is 0 Å². The van der Waals surface area contributed by atoms with Crippen LogP contribution in [-0.4, -0.2) is 18.0 Å². The molecule has 0 amide bonds. The number of benzene rings is 2. The van der Waals surface area contributed by atoms with E-state index >= 15 is 0 Å². The molecule has 2 aromatic rings. The third kappa shape index (κ3) is 4.17. The number of hydrogen-bond donors (Lipinski definition) is 0. The maximum Gasteiger partial charge on any atom is 0.173 e. The van der Waals surface area contributed by atoms with Gasteiger partial charge in [-0.1, -0.05) is 57.9 Å². The molecule has 1 aliphatic carbocycles. The third-order valence-electron chi connectivity index (χ3n) is 5.47. The highest BCUT2D eigenvalue weighted by Crippen LogP contribution is 2.37. The van der Waals surface area contributed by atoms with Gasteiger partial charge in [0.1, 0.15) is 6.10 Å². The van der Waals surface area contributed by atoms with E-state index < -0.39 is 0 Å². The van der Waals surface area contributed by atoms with Crippen molar-refractivity contribution >= 4 is 27.3 Å². The molecular formula is C23H23BrO3. The molecular weight excluding hydrogens is 404 g/mol. The van der Waals surface area contributed by atoms with Crippen molar-refractivity contribution in [3.05, 3.63) is 76.0 Å². The van der Waals surface area contributed by atoms with E-state index in [9.17, 15) is 4.79 Å². The second-order valence-corrected chi connectivity index (χ2v) is 8.33. The molecule has 4 rings (SSSR count). The van der Waals surface area contributed by atoms with Crippen molar-refractivity contribution in [3.63, 3.8) is 0 Å². The molecule has 0 aromatic heterocycles. The normalized spacial score (nSPS) is 24.7. The molecule has 0 spiro atoms. The molecule has 0 radical (unpaired) electrons. The number of Topliss-reactive ketones (excluding diaryl/α,β-unsaturated/α-hetero) is 1. The first-order valence-corrected chi connectivity index (χ1v) is 10.2. The Hall–Kier alpha value is -1.91. The zero-order chi connectivity index (χ0) is 18.8. The van der Waals surface area contributed by atoms with E-state index in [2.05, 4.69) is 47.1 Å². The summed E-state index contributed by atoms with van der Waals surface area (Å²) >= 11 is 3.43. The standard InChI is InChI=1S/C23H23BrO3/c1-15-2-4-16(5-3-15)13-26-19-10-11-20-22(12-19)27-14-21(23(20)25)17-6-8-18(24)9-7-17/h2-9,14,19-20,22H,10-13H2,1H3. The number of halogens is 1. The molecule has 0 bridgehead atoms. The van der Waals surface area contributed by atoms with E-state index in [0.29, 0.717) is 12.2 Å². The van der Waals surface area contributed by atoms with Crippen molar-refractivity contribution < 1.29 is 14.3 Å². The highest BCUT2D eigenvalue weighted by molar-refractivity contribution is 9.10. The molecule has 2 aromatic carbocycles. The van der Waals surface area contributed by atoms with Gasteiger partial charge in [0.2, 0.25) is 0 Å². The van der Waals surface area contributed by atoms with Crippen LogP contribution in [0.5, 0.6) is 0 Å². The highest BCUT2D eigenvalue weighted by Gasteiger charge is 2.40. The maximum atomic E-state index is 13.0. The zero-order valence-corrected chi connectivity index (χ0v) is 16.9. The van der Waals surface area contributed by atoms with E-state index in [1.54, 1.807) is 6.26 Å². The Morgan fingerprint density at radius 1 is 1.07 bits per heavy atom. The number of ketones is 1. The smallest absolute Gasteiger partial charge is 0.173 e. The van der Waals surface area contributed by atoms with Crippen LogP contribution >= 0.6 is 15.9 Å². The van der Waals surface area contributed by atoms with Gasteiger partial charge in [-0.3, -0.25) is 4.79 Å². The lowest BCUT2D eigenvalue weighted by atomic mass is 9.78. The first-order valence-electron chi connectivity index (χ1n) is 9.43. The molecule has 0 saturated heterocycles. The number of allylic oxidation sites excluding steroid dienone is 1. The average Bonchev–Trinajstić information content (AvgIpc) is 2.69. The van der Waals surface area contributed by atoms with Gasteiger partial charge in [0, 0.05) is 10.9 Å². The minimum Gasteiger partial charge on any atom is -0.496 e. The van der Waals surface area contributed by atoms with Crippen LogP contribution < -0.4 is 0 Å². The van der Waals surface area contributed by atoms with Gasteiger partial charge in [-0.05, 0) is 43.0 Å². The van der Waals surface area contributed by atoms with Gasteiger partial charge in [0.05, 0.1) is 30.5 Å². The number of rotatable bonds is 4. The van der Waals surface area contributed by atoms with Crippen molar-refractivity contribution in [2.75, 3.05) is 0 Å². The van der Waals surface area contributed by atoms with Crippen LogP contribution in [0.15, 0.2) is 59.3 Å². The predicted molar refractivity (Wildman–Crippen MR) is 109 cm³/mol. The fourth-order valence-electron chi connectivity index (χ4n) is 3.85. The summed E-state index contributed by atoms with van der Waals surface area (Å²) in [5, 5.41) is 0. The highest BCUT2D eigenvalue weighted by atomic mass is 79.9. The molecule has 4 heteroatoms. The Balaban J connectivity index is 1.39. The second kappa shape index (κ2) is 7.99. The van der Waals surface area contributed by atoms with Crippen LogP contribution in [-0.2, 0) is 20.9 Å². The minimum atomic E-state index is -0.0755. The molecule has 1 aliphatic heterocycles. The molecule has 1 heterocycles. The van der Waals surface area contributed by atoms with Crippen LogP contribution in [0.3, 0.4) is 0 Å². The summed E-state index contributed by atoms with van der Waals surface area (Å²) in [7, 11) is 0. The zero-order valence-electron chi connectivity index (χ0n) is 15.4. The fourth-order valence-corrected chi connectivity index (χ4v) is 4.11. The molecule has 27 heavy (non-hydrogen) atoms. The van der Waals surface area contributed by atoms with Gasteiger partial charge in [-0.15, -0.1) is 0 Å². The second-order valence-electron chi connectivity index (χ2n) is 7.42. The monoisotopic (exact) mass is 426 g/mol. The van der Waals surface area contributed by atoms with Crippen LogP contribution in [0.25, 0.3) is 5.57 Å². The molecule has 1 fully saturated rings. The summed E-state index contributed by atoms with van der Waals surface area (Å²) < 4.78 is 13.1. The van der Waals surface area contributed by atoms with Crippen LogP contribution in [0.4, 0.5) is 0 Å². The van der Waals surface area contributed by atoms with E-state index in [0.717, 1.165) is 29.3 Å². The lowest BCUT2D eigenvalue weighted by Crippen LogP contribution is -2.41. The van der Waals surface area contributed by atoms with Gasteiger partial charge in [0.15, 0.2) is 5.78 Å². The number of carbonyl (C=O) groups excluding carboxylic acids is 1. The minimum absolute atomic E-state index is 0.0622. The van der Waals surface area contributed by atoms with Gasteiger partial charge in [0.25, 0.3) is 0 Å². The van der Waals surface area contributed by atoms with Crippen molar-refractivity contribution in [2.45, 2.75) is 45.0 Å². The molecule has 140 valence electrons. The summed E-state index contributed by atoms with van der Waals surface area (Å²) in [6.45, 7) is 2.69. The number of ether oxygens (including phenoxy) is 2. The van der Waals surface area contributed by atoms with Crippen LogP contribution in [0.1, 0.15) is 36.0 Å². The SMILES string of the molecule is Cc1ccc(COC2CCC3C(=O)C(c4ccc(Br)cc4)=COC3C2)cc1. The average molecular weight is 427 g/mol. The molecule has 1 saturated carbocycles. The predicted octanol–water partition coefficient (Wildman–Crippen LogP) is 5.45. The van der Waals surface area contributed by atoms with Gasteiger partial charge in [-0.2, -0.15) is 0 Å². The third-order valence-corrected chi connectivity index (χ3v) is 6.00. The summed E-state index contributed by atoms with van der Waals surface area (Å²) in [6.07, 6.45) is 4.20. The Morgan fingerprint density at radius 2 is 1.81 bits per heavy atom. The van der Waals surface area contributed by atoms with Gasteiger partial charge in [-0.25, -0.2) is 0 Å². The number of carbonyl (C=O) groups is 1. The number of aryl methyl sites for hydroxylation is 1. The summed E-state index contributed by atoms with van der Waals surface area (Å²) in [4.78, 5) is 13.0. The first-order chi connectivity index (χ1) is 13.1. The van der Waals surface area contributed by atoms with Crippen LogP contribution in [0.2, 0.25) is 0 Å². The lowest BCUT2D eigenvalue weighted by Gasteiger charge is -2.37. The van der Waals surface area contributed by atoms with E-state index in [1.165, 1.54) is 11.1 Å². The van der Waals surface area contributed by atoms with E-state index in [4.69, 9.17) is 9.47 Å². The molecule has 3 atom stereocenters. The lowest BCUT2D eigenvalue weighted by molar-refractivity contribution is -0.128. The molecule has 3 nitrogen and oxygen atoms in total. The van der Waals surface area contributed by atoms with Crippen molar-refractivity contribution in [1.29, 1.82) is 0 Å².